The molecule has 0 saturated carbocycles. The summed E-state index contributed by atoms with van der Waals surface area (Å²) in [6, 6.07) is 2.30. The van der Waals surface area contributed by atoms with Crippen LogP contribution in [-0.4, -0.2) is 47.6 Å². The van der Waals surface area contributed by atoms with E-state index >= 15 is 0 Å². The Bertz CT molecular complexity index is 333. The van der Waals surface area contributed by atoms with Gasteiger partial charge in [-0.2, -0.15) is 5.26 Å². The van der Waals surface area contributed by atoms with Crippen molar-refractivity contribution in [1.29, 1.82) is 5.26 Å². The molecule has 0 radical (unpaired) electrons. The molecular formula is C14H24N2O2S. The van der Waals surface area contributed by atoms with E-state index in [1.165, 1.54) is 0 Å². The smallest absolute Gasteiger partial charge is 0.323 e. The predicted octanol–water partition coefficient (Wildman–Crippen LogP) is 2.44. The lowest BCUT2D eigenvalue weighted by Gasteiger charge is -2.39. The minimum atomic E-state index is -0.262. The fraction of sp³-hybridized carbons (Fsp3) is 0.857. The Morgan fingerprint density at radius 2 is 2.11 bits per heavy atom. The summed E-state index contributed by atoms with van der Waals surface area (Å²) >= 11 is 1.64. The first kappa shape index (κ1) is 16.3. The number of esters is 1. The van der Waals surface area contributed by atoms with Crippen LogP contribution < -0.4 is 0 Å². The molecule has 0 bridgehead atoms. The summed E-state index contributed by atoms with van der Waals surface area (Å²) in [6.45, 7) is 5.96. The molecule has 1 atom stereocenters. The van der Waals surface area contributed by atoms with Gasteiger partial charge in [-0.1, -0.05) is 13.3 Å². The number of likely N-dealkylation sites (tertiary alicyclic amines) is 1. The van der Waals surface area contributed by atoms with Gasteiger partial charge in [0.2, 0.25) is 0 Å². The number of nitrogens with zero attached hydrogens (tertiary/aromatic N) is 2. The topological polar surface area (TPSA) is 53.3 Å². The summed E-state index contributed by atoms with van der Waals surface area (Å²) in [7, 11) is 0. The molecule has 19 heavy (non-hydrogen) atoms. The number of nitriles is 1. The van der Waals surface area contributed by atoms with E-state index in [1.54, 1.807) is 11.8 Å². The number of thioether (sulfide) groups is 1. The van der Waals surface area contributed by atoms with Crippen molar-refractivity contribution in [2.75, 3.05) is 26.0 Å². The second-order valence-corrected chi connectivity index (χ2v) is 6.09. The molecule has 1 fully saturated rings. The average Bonchev–Trinajstić information content (AvgIpc) is 2.45. The molecule has 108 valence electrons. The Labute approximate surface area is 120 Å². The molecule has 0 aromatic rings. The molecular weight excluding hydrogens is 260 g/mol. The predicted molar refractivity (Wildman–Crippen MR) is 78.0 cm³/mol. The van der Waals surface area contributed by atoms with Crippen molar-refractivity contribution in [2.24, 2.45) is 0 Å². The molecule has 5 heteroatoms. The average molecular weight is 284 g/mol. The summed E-state index contributed by atoms with van der Waals surface area (Å²) < 4.78 is 4.90. The minimum Gasteiger partial charge on any atom is -0.465 e. The van der Waals surface area contributed by atoms with Gasteiger partial charge in [0.15, 0.2) is 0 Å². The maximum Gasteiger partial charge on any atom is 0.323 e. The quantitative estimate of drug-likeness (QED) is 0.701. The number of piperidine rings is 1. The Kier molecular flexibility index (Phi) is 6.67. The molecule has 0 aromatic heterocycles. The number of hydrogen-bond donors (Lipinski definition) is 0. The van der Waals surface area contributed by atoms with E-state index in [9.17, 15) is 10.1 Å². The highest BCUT2D eigenvalue weighted by atomic mass is 32.2. The van der Waals surface area contributed by atoms with Gasteiger partial charge < -0.3 is 4.74 Å². The first-order valence-electron chi connectivity index (χ1n) is 6.99. The van der Waals surface area contributed by atoms with Gasteiger partial charge in [0.25, 0.3) is 0 Å². The summed E-state index contributed by atoms with van der Waals surface area (Å²) in [5, 5.41) is 9.28. The van der Waals surface area contributed by atoms with Crippen LogP contribution in [0.15, 0.2) is 0 Å². The van der Waals surface area contributed by atoms with Crippen molar-refractivity contribution in [3.63, 3.8) is 0 Å². The lowest BCUT2D eigenvalue weighted by atomic mass is 9.95. The zero-order valence-corrected chi connectivity index (χ0v) is 13.0. The van der Waals surface area contributed by atoms with Gasteiger partial charge >= 0.3 is 5.97 Å². The lowest BCUT2D eigenvalue weighted by Crippen LogP contribution is -2.49. The number of hydrogen-bond acceptors (Lipinski definition) is 5. The monoisotopic (exact) mass is 284 g/mol. The van der Waals surface area contributed by atoms with E-state index < -0.39 is 0 Å². The minimum absolute atomic E-state index is 0.113. The van der Waals surface area contributed by atoms with E-state index in [0.717, 1.165) is 38.8 Å². The van der Waals surface area contributed by atoms with Gasteiger partial charge in [-0.25, -0.2) is 0 Å². The molecule has 1 rings (SSSR count). The second-order valence-electron chi connectivity index (χ2n) is 4.90. The fourth-order valence-corrected chi connectivity index (χ4v) is 3.20. The molecule has 1 heterocycles. The van der Waals surface area contributed by atoms with Gasteiger partial charge in [-0.3, -0.25) is 9.69 Å². The van der Waals surface area contributed by atoms with Crippen molar-refractivity contribution in [3.05, 3.63) is 0 Å². The van der Waals surface area contributed by atoms with Crippen LogP contribution in [0.3, 0.4) is 0 Å². The van der Waals surface area contributed by atoms with Crippen LogP contribution in [0.1, 0.15) is 39.5 Å². The number of carbonyl (C=O) groups is 1. The second kappa shape index (κ2) is 7.76. The zero-order valence-electron chi connectivity index (χ0n) is 12.1. The van der Waals surface area contributed by atoms with Crippen LogP contribution >= 0.6 is 11.8 Å². The van der Waals surface area contributed by atoms with Gasteiger partial charge in [-0.05, 0) is 32.4 Å². The van der Waals surface area contributed by atoms with Gasteiger partial charge in [0.05, 0.1) is 12.7 Å². The molecule has 0 amide bonds. The molecule has 4 nitrogen and oxygen atoms in total. The summed E-state index contributed by atoms with van der Waals surface area (Å²) in [6.07, 6.45) is 5.44. The van der Waals surface area contributed by atoms with E-state index in [-0.39, 0.29) is 16.8 Å². The van der Waals surface area contributed by atoms with Crippen molar-refractivity contribution in [3.8, 4) is 6.07 Å². The maximum atomic E-state index is 12.0. The molecule has 1 unspecified atom stereocenters. The van der Waals surface area contributed by atoms with Crippen LogP contribution in [0.4, 0.5) is 0 Å². The Morgan fingerprint density at radius 1 is 1.47 bits per heavy atom. The van der Waals surface area contributed by atoms with Crippen LogP contribution in [0.5, 0.6) is 0 Å². The van der Waals surface area contributed by atoms with Crippen LogP contribution in [-0.2, 0) is 9.53 Å². The van der Waals surface area contributed by atoms with E-state index in [4.69, 9.17) is 4.74 Å². The van der Waals surface area contributed by atoms with Crippen molar-refractivity contribution in [2.45, 2.75) is 50.3 Å². The van der Waals surface area contributed by atoms with Crippen LogP contribution in [0.2, 0.25) is 0 Å². The Hall–Kier alpha value is -0.730. The standard InChI is InChI=1S/C14H24N2O2S/c1-4-6-12(13(17)18-5-2)16-9-7-14(11-15,19-3)8-10-16/h12H,4-10H2,1-3H3. The first-order chi connectivity index (χ1) is 9.12. The number of rotatable bonds is 6. The molecule has 0 aromatic carbocycles. The molecule has 0 N–H and O–H groups in total. The number of ether oxygens (including phenoxy) is 1. The Morgan fingerprint density at radius 3 is 2.53 bits per heavy atom. The fourth-order valence-electron chi connectivity index (χ4n) is 2.52. The zero-order chi connectivity index (χ0) is 14.3. The highest BCUT2D eigenvalue weighted by molar-refractivity contribution is 8.00. The number of carbonyl (C=O) groups excluding carboxylic acids is 1. The third-order valence-corrected chi connectivity index (χ3v) is 5.04. The summed E-state index contributed by atoms with van der Waals surface area (Å²) in [4.78, 5) is 14.2. The highest BCUT2D eigenvalue weighted by Crippen LogP contribution is 2.34. The Balaban J connectivity index is 2.64. The molecule has 1 aliphatic heterocycles. The molecule has 0 aliphatic carbocycles. The third kappa shape index (κ3) is 4.12. The van der Waals surface area contributed by atoms with Crippen LogP contribution in [0.25, 0.3) is 0 Å². The van der Waals surface area contributed by atoms with Gasteiger partial charge in [-0.15, -0.1) is 11.8 Å². The molecule has 1 aliphatic rings. The van der Waals surface area contributed by atoms with Crippen molar-refractivity contribution < 1.29 is 9.53 Å². The SMILES string of the molecule is CCCC(C(=O)OCC)N1CCC(C#N)(SC)CC1. The van der Waals surface area contributed by atoms with Gasteiger partial charge in [0, 0.05) is 13.1 Å². The largest absolute Gasteiger partial charge is 0.465 e. The van der Waals surface area contributed by atoms with E-state index in [0.29, 0.717) is 6.61 Å². The summed E-state index contributed by atoms with van der Waals surface area (Å²) in [5.41, 5.74) is 0. The van der Waals surface area contributed by atoms with Crippen molar-refractivity contribution >= 4 is 17.7 Å². The van der Waals surface area contributed by atoms with Crippen molar-refractivity contribution in [1.82, 2.24) is 4.90 Å². The van der Waals surface area contributed by atoms with Gasteiger partial charge in [0.1, 0.15) is 10.8 Å². The first-order valence-corrected chi connectivity index (χ1v) is 8.22. The van der Waals surface area contributed by atoms with Crippen LogP contribution in [0, 0.1) is 11.3 Å². The maximum absolute atomic E-state index is 12.0. The summed E-state index contributed by atoms with van der Waals surface area (Å²) in [5.74, 6) is -0.113. The third-order valence-electron chi connectivity index (χ3n) is 3.76. The molecule has 1 saturated heterocycles. The lowest BCUT2D eigenvalue weighted by molar-refractivity contribution is -0.150. The van der Waals surface area contributed by atoms with E-state index in [1.807, 2.05) is 13.2 Å². The molecule has 0 spiro atoms. The normalized spacial score (nSPS) is 20.5. The van der Waals surface area contributed by atoms with E-state index in [2.05, 4.69) is 17.9 Å². The highest BCUT2D eigenvalue weighted by Gasteiger charge is 2.37.